The molecule has 0 radical (unpaired) electrons. The third-order valence-electron chi connectivity index (χ3n) is 21.1. The van der Waals surface area contributed by atoms with E-state index in [2.05, 4.69) is 68.6 Å². The second-order valence-corrected chi connectivity index (χ2v) is 41.1. The van der Waals surface area contributed by atoms with Crippen LogP contribution in [0.5, 0.6) is 28.7 Å². The van der Waals surface area contributed by atoms with Crippen molar-refractivity contribution in [2.75, 3.05) is 72.2 Å². The monoisotopic (exact) mass is 1830 g/mol. The van der Waals surface area contributed by atoms with Crippen LogP contribution in [-0.2, 0) is 98.1 Å². The first-order valence-electron chi connectivity index (χ1n) is 42.1. The Labute approximate surface area is 734 Å². The highest BCUT2D eigenvalue weighted by Crippen LogP contribution is 2.47. The highest BCUT2D eigenvalue weighted by atomic mass is 32.2. The fourth-order valence-electron chi connectivity index (χ4n) is 14.8. The predicted octanol–water partition coefficient (Wildman–Crippen LogP) is 6.84. The smallest absolute Gasteiger partial charge is 0.261 e. The third kappa shape index (κ3) is 27.7. The van der Waals surface area contributed by atoms with Crippen molar-refractivity contribution in [1.82, 2.24) is 31.1 Å². The average Bonchev–Trinajstić information content (AvgIpc) is 1.78. The maximum Gasteiger partial charge on any atom is 0.261 e. The number of unbranched alkanes of at least 4 members (excludes halogenated alkanes) is 1. The number of likely N-dealkylation sites (tertiary alicyclic amines) is 2. The van der Waals surface area contributed by atoms with E-state index in [0.29, 0.717) is 136 Å². The molecule has 14 N–H and O–H groups in total. The molecule has 13 rings (SSSR count). The van der Waals surface area contributed by atoms with Crippen LogP contribution >= 0.6 is 0 Å². The van der Waals surface area contributed by atoms with Crippen LogP contribution in [0.2, 0.25) is 0 Å². The summed E-state index contributed by atoms with van der Waals surface area (Å²) in [5.41, 5.74) is 33.7. The van der Waals surface area contributed by atoms with Gasteiger partial charge in [-0.2, -0.15) is 0 Å². The largest absolute Gasteiger partial charge is 0.492 e. The van der Waals surface area contributed by atoms with E-state index in [0.717, 1.165) is 103 Å². The molecule has 3 atom stereocenters. The van der Waals surface area contributed by atoms with Crippen LogP contribution in [0.3, 0.4) is 0 Å². The van der Waals surface area contributed by atoms with Crippen LogP contribution in [0.15, 0.2) is 125 Å². The van der Waals surface area contributed by atoms with Crippen molar-refractivity contribution in [1.29, 1.82) is 0 Å². The standard InChI is InChI=1S/C18H26N4O3S.C18H25N3O4S.C17H25N3O4S.C16H21N3O4S.C16H23N3O4S/c1-3-8-20-13(2)22-9-7-14(10-22)11-25-16-6-4-5-15-12-26(23,24)21-18(19)17(15)16;1-2-5-16(22)21-9-4-6-13(10-21)11-25-15-8-3-7-14-12-26(23,24)20-18(19)17(14)15;1-4-5-9-19-17(21)15(11(2)3)24-13-8-6-7-12-10-25(22,23)20-16(18)14(12)13;1-2-8-18-15(20)16(6-7-16)10-23-12-5-3-4-11-9-24(21,22)19-14(17)13(11)12;1-4-6-13(20)18-16(2,3)10-23-12-8-5-7-11-9-24(21,22)19-15(17)14(11)12/h4-6,14,20H,2-3,7-12H2,1H3,(H2,19,21);3,7-8,13H,2,4-6,9-12H2,1H3,(H2,19,20);6-8,11,15H,4-5,9-10H2,1-3H3,(H2,18,20)(H,19,21);3-5H,2,6-10H2,1H3,(H2,17,19)(H,18,20);5,7-8H,4,6,9-10H2,1-3H3,(H2,17,19)(H,18,20)/t14-;;;;/m1..../s1. The minimum absolute atomic E-state index is 0.00652. The van der Waals surface area contributed by atoms with E-state index in [1.807, 2.05) is 59.4 Å². The van der Waals surface area contributed by atoms with Crippen molar-refractivity contribution < 1.29 is 85.0 Å². The molecule has 0 bridgehead atoms. The molecule has 5 aromatic carbocycles. The number of carbonyl (C=O) groups is 4. The predicted molar refractivity (Wildman–Crippen MR) is 482 cm³/mol. The molecule has 2 saturated heterocycles. The van der Waals surface area contributed by atoms with Crippen LogP contribution < -0.4 is 73.6 Å². The van der Waals surface area contributed by atoms with Crippen LogP contribution in [0.25, 0.3) is 0 Å². The summed E-state index contributed by atoms with van der Waals surface area (Å²) in [5.74, 6) is 2.81. The summed E-state index contributed by atoms with van der Waals surface area (Å²) in [6.45, 7) is 28.7. The van der Waals surface area contributed by atoms with Gasteiger partial charge in [-0.05, 0) is 142 Å². The van der Waals surface area contributed by atoms with Crippen molar-refractivity contribution in [3.63, 3.8) is 0 Å². The summed E-state index contributed by atoms with van der Waals surface area (Å²) in [6.07, 6.45) is 10.4. The number of nitrogens with two attached hydrogens (primary N) is 5. The zero-order valence-corrected chi connectivity index (χ0v) is 76.6. The molecule has 8 aliphatic rings. The Balaban J connectivity index is 0.000000177. The number of sulfonamides is 5. The molecule has 7 heterocycles. The molecule has 2 unspecified atom stereocenters. The number of rotatable bonds is 31. The number of carbonyl (C=O) groups excluding carboxylic acids is 4. The molecule has 35 nitrogen and oxygen atoms in total. The highest BCUT2D eigenvalue weighted by Gasteiger charge is 2.51. The normalized spacial score (nSPS) is 19.1. The number of amidine groups is 5. The Hall–Kier alpha value is -10.6. The van der Waals surface area contributed by atoms with E-state index in [-0.39, 0.29) is 107 Å². The van der Waals surface area contributed by atoms with E-state index >= 15 is 0 Å². The quantitative estimate of drug-likeness (QED) is 0.0205. The third-order valence-corrected chi connectivity index (χ3v) is 26.9. The second-order valence-electron chi connectivity index (χ2n) is 32.9. The molecular weight excluding hydrogens is 1710 g/mol. The van der Waals surface area contributed by atoms with Gasteiger partial charge in [0.1, 0.15) is 71.1 Å². The Morgan fingerprint density at radius 2 is 0.880 bits per heavy atom. The van der Waals surface area contributed by atoms with Crippen molar-refractivity contribution in [2.24, 2.45) is 73.8 Å². The van der Waals surface area contributed by atoms with Gasteiger partial charge in [-0.25, -0.2) is 42.1 Å². The minimum atomic E-state index is -3.61. The summed E-state index contributed by atoms with van der Waals surface area (Å²) in [5, 5.41) is 12.0. The van der Waals surface area contributed by atoms with Crippen LogP contribution in [0.4, 0.5) is 0 Å². The number of hydrogen-bond acceptors (Lipinski definition) is 26. The van der Waals surface area contributed by atoms with Gasteiger partial charge in [-0.1, -0.05) is 122 Å². The molecule has 1 saturated carbocycles. The van der Waals surface area contributed by atoms with Gasteiger partial charge in [0.05, 0.1) is 86.6 Å². The lowest BCUT2D eigenvalue weighted by Crippen LogP contribution is -2.47. The minimum Gasteiger partial charge on any atom is -0.492 e. The number of nitrogens with one attached hydrogen (secondary N) is 4. The van der Waals surface area contributed by atoms with Gasteiger partial charge in [-0.15, -0.1) is 22.0 Å². The summed E-state index contributed by atoms with van der Waals surface area (Å²) in [4.78, 5) is 52.7. The van der Waals surface area contributed by atoms with Gasteiger partial charge in [0.15, 0.2) is 6.10 Å². The topological polar surface area (TPSA) is 532 Å². The van der Waals surface area contributed by atoms with Crippen LogP contribution in [0.1, 0.15) is 201 Å². The lowest BCUT2D eigenvalue weighted by Gasteiger charge is -2.33. The molecule has 7 aliphatic heterocycles. The molecule has 1 aliphatic carbocycles. The maximum atomic E-state index is 12.4. The van der Waals surface area contributed by atoms with Crippen LogP contribution in [0, 0.1) is 23.2 Å². The van der Waals surface area contributed by atoms with E-state index in [1.54, 1.807) is 84.9 Å². The molecule has 40 heteroatoms. The first-order chi connectivity index (χ1) is 59.0. The summed E-state index contributed by atoms with van der Waals surface area (Å²) in [7, 11) is -17.9. The van der Waals surface area contributed by atoms with Gasteiger partial charge in [0.25, 0.3) is 56.0 Å². The highest BCUT2D eigenvalue weighted by molar-refractivity contribution is 7.90. The molecule has 125 heavy (non-hydrogen) atoms. The number of benzene rings is 5. The molecular formula is C85H120N16O19S5. The van der Waals surface area contributed by atoms with Gasteiger partial charge < -0.3 is 83.4 Å². The van der Waals surface area contributed by atoms with Crippen molar-refractivity contribution in [3.8, 4) is 28.7 Å². The van der Waals surface area contributed by atoms with Crippen molar-refractivity contribution in [3.05, 3.63) is 159 Å². The van der Waals surface area contributed by atoms with Gasteiger partial charge >= 0.3 is 0 Å². The lowest BCUT2D eigenvalue weighted by atomic mass is 9.98. The van der Waals surface area contributed by atoms with Gasteiger partial charge in [-0.3, -0.25) is 19.2 Å². The number of fused-ring (bicyclic) bond motifs is 5. The number of piperidine rings is 1. The number of amides is 4. The molecule has 3 fully saturated rings. The van der Waals surface area contributed by atoms with E-state index in [4.69, 9.17) is 52.4 Å². The van der Waals surface area contributed by atoms with E-state index in [1.165, 1.54) is 0 Å². The average molecular weight is 1830 g/mol. The SMILES string of the molecule is C=C(NCCC)N1CC[C@@H](COc2cccc3c2C(N)=NS(=O)(=O)C3)C1.CCCC(=O)N1CCCC(COc2cccc3c2C(N)=NS(=O)(=O)C3)C1.CCCC(=O)NC(C)(C)COc1cccc2c1C(N)=NS(=O)(=O)C2.CCCCNC(=O)C(Oc1cccc2c1C(N)=NS(=O)(=O)C2)C(C)C.CCCNC(=O)C1(COc2cccc3c2C(N)=NS(=O)(=O)C3)CC1. The first-order valence-corrected chi connectivity index (χ1v) is 50.1. The molecule has 684 valence electrons. The second kappa shape index (κ2) is 43.1. The fourth-order valence-corrected chi connectivity index (χ4v) is 20.2. The number of hydrogen-bond donors (Lipinski definition) is 9. The maximum absolute atomic E-state index is 12.4. The fraction of sp³-hybridized carbons (Fsp3) is 0.518. The van der Waals surface area contributed by atoms with Crippen molar-refractivity contribution in [2.45, 2.75) is 186 Å². The van der Waals surface area contributed by atoms with E-state index in [9.17, 15) is 61.3 Å². The Kier molecular flexibility index (Phi) is 33.8. The van der Waals surface area contributed by atoms with Gasteiger partial charge in [0, 0.05) is 70.5 Å². The van der Waals surface area contributed by atoms with Crippen molar-refractivity contribution >= 4 is 103 Å². The zero-order chi connectivity index (χ0) is 91.4. The molecule has 4 amide bonds. The summed E-state index contributed by atoms with van der Waals surface area (Å²) in [6, 6.07) is 25.9. The van der Waals surface area contributed by atoms with Gasteiger partial charge in [0.2, 0.25) is 17.7 Å². The number of ether oxygens (including phenoxy) is 5. The zero-order valence-electron chi connectivity index (χ0n) is 72.5. The first kappa shape index (κ1) is 98.2. The summed E-state index contributed by atoms with van der Waals surface area (Å²) >= 11 is 0. The summed E-state index contributed by atoms with van der Waals surface area (Å²) < 4.78 is 165. The number of nitrogens with zero attached hydrogens (tertiary/aromatic N) is 7. The van der Waals surface area contributed by atoms with E-state index < -0.39 is 67.2 Å². The molecule has 0 spiro atoms. The molecule has 5 aromatic rings. The molecule has 0 aromatic heterocycles. The Bertz CT molecular complexity index is 5540. The van der Waals surface area contributed by atoms with Crippen LogP contribution in [-0.4, -0.2) is 189 Å². The lowest BCUT2D eigenvalue weighted by molar-refractivity contribution is -0.133. The Morgan fingerprint density at radius 1 is 0.488 bits per heavy atom. The Morgan fingerprint density at radius 3 is 1.29 bits per heavy atom.